The van der Waals surface area contributed by atoms with Gasteiger partial charge in [-0.2, -0.15) is 11.8 Å². The molecule has 0 N–H and O–H groups in total. The highest BCUT2D eigenvalue weighted by atomic mass is 32.2. The van der Waals surface area contributed by atoms with Crippen molar-refractivity contribution < 1.29 is 33.3 Å². The number of esters is 2. The van der Waals surface area contributed by atoms with Crippen LogP contribution in [0.1, 0.15) is 34.1 Å². The lowest BCUT2D eigenvalue weighted by Gasteiger charge is -2.30. The SMILES string of the molecule is CC(=O)O[C@@H]1[C@H]2OC(C)(C)O[C@H]2O[C@@H]1[C@@H](CSCCCN(C)C)OC(C)=O. The number of thioether (sulfide) groups is 1. The number of hydrogen-bond donors (Lipinski definition) is 0. The van der Waals surface area contributed by atoms with Gasteiger partial charge in [-0.3, -0.25) is 9.59 Å². The molecule has 2 aliphatic rings. The van der Waals surface area contributed by atoms with Crippen molar-refractivity contribution in [3.8, 4) is 0 Å². The maximum atomic E-state index is 11.6. The molecular weight excluding hydrogens is 374 g/mol. The number of carbonyl (C=O) groups is 2. The van der Waals surface area contributed by atoms with Gasteiger partial charge in [-0.1, -0.05) is 0 Å². The average Bonchev–Trinajstić information content (AvgIpc) is 2.98. The summed E-state index contributed by atoms with van der Waals surface area (Å²) < 4.78 is 28.6. The second-order valence-corrected chi connectivity index (χ2v) is 8.67. The Morgan fingerprint density at radius 3 is 2.48 bits per heavy atom. The summed E-state index contributed by atoms with van der Waals surface area (Å²) in [6.45, 7) is 7.23. The van der Waals surface area contributed by atoms with Crippen molar-refractivity contribution in [3.05, 3.63) is 0 Å². The van der Waals surface area contributed by atoms with Gasteiger partial charge in [-0.25, -0.2) is 0 Å². The van der Waals surface area contributed by atoms with Gasteiger partial charge in [0.05, 0.1) is 0 Å². The molecule has 2 saturated heterocycles. The standard InChI is InChI=1S/C18H31NO7S/c1-11(20)22-13(10-27-9-7-8-19(5)6)14-15(23-12(2)21)16-17(24-14)26-18(3,4)25-16/h13-17H,7-10H2,1-6H3/t13-,14-,15+,16-,17-/m1/s1. The quantitative estimate of drug-likeness (QED) is 0.417. The predicted molar refractivity (Wildman–Crippen MR) is 100 cm³/mol. The van der Waals surface area contributed by atoms with Crippen LogP contribution in [0.25, 0.3) is 0 Å². The van der Waals surface area contributed by atoms with Crippen molar-refractivity contribution in [2.24, 2.45) is 0 Å². The van der Waals surface area contributed by atoms with Gasteiger partial charge in [0.15, 0.2) is 24.3 Å². The third-order valence-electron chi connectivity index (χ3n) is 4.19. The summed E-state index contributed by atoms with van der Waals surface area (Å²) in [5.74, 6) is -0.205. The fourth-order valence-corrected chi connectivity index (χ4v) is 4.21. The molecule has 2 heterocycles. The normalized spacial score (nSPS) is 30.2. The molecule has 2 fully saturated rings. The number of carbonyl (C=O) groups excluding carboxylic acids is 2. The highest BCUT2D eigenvalue weighted by Gasteiger charge is 2.58. The number of hydrogen-bond acceptors (Lipinski definition) is 9. The first-order valence-corrected chi connectivity index (χ1v) is 10.3. The smallest absolute Gasteiger partial charge is 0.303 e. The molecule has 5 atom stereocenters. The van der Waals surface area contributed by atoms with Gasteiger partial charge in [0.25, 0.3) is 0 Å². The van der Waals surface area contributed by atoms with Crippen LogP contribution in [-0.2, 0) is 33.3 Å². The van der Waals surface area contributed by atoms with E-state index in [0.717, 1.165) is 18.7 Å². The Kier molecular flexibility index (Phi) is 7.94. The van der Waals surface area contributed by atoms with E-state index >= 15 is 0 Å². The number of ether oxygens (including phenoxy) is 5. The van der Waals surface area contributed by atoms with E-state index in [0.29, 0.717) is 5.75 Å². The minimum absolute atomic E-state index is 0.404. The number of rotatable bonds is 9. The van der Waals surface area contributed by atoms with Gasteiger partial charge in [0, 0.05) is 19.6 Å². The molecule has 0 saturated carbocycles. The largest absolute Gasteiger partial charge is 0.459 e. The van der Waals surface area contributed by atoms with Crippen molar-refractivity contribution in [2.45, 2.75) is 70.6 Å². The molecule has 9 heteroatoms. The van der Waals surface area contributed by atoms with Crippen LogP contribution in [0.4, 0.5) is 0 Å². The maximum Gasteiger partial charge on any atom is 0.303 e. The van der Waals surface area contributed by atoms with E-state index in [1.54, 1.807) is 25.6 Å². The molecule has 8 nitrogen and oxygen atoms in total. The van der Waals surface area contributed by atoms with Crippen molar-refractivity contribution in [2.75, 3.05) is 32.1 Å². The van der Waals surface area contributed by atoms with E-state index in [1.165, 1.54) is 13.8 Å². The average molecular weight is 406 g/mol. The lowest BCUT2D eigenvalue weighted by molar-refractivity contribution is -0.230. The van der Waals surface area contributed by atoms with E-state index in [9.17, 15) is 9.59 Å². The van der Waals surface area contributed by atoms with E-state index in [-0.39, 0.29) is 0 Å². The Balaban J connectivity index is 2.03. The Hall–Kier alpha value is -0.870. The van der Waals surface area contributed by atoms with Crippen LogP contribution in [0, 0.1) is 0 Å². The first-order valence-electron chi connectivity index (χ1n) is 9.17. The van der Waals surface area contributed by atoms with Crippen LogP contribution in [0.5, 0.6) is 0 Å². The van der Waals surface area contributed by atoms with Gasteiger partial charge in [0.2, 0.25) is 0 Å². The van der Waals surface area contributed by atoms with Crippen LogP contribution in [0.2, 0.25) is 0 Å². The molecule has 0 aromatic rings. The minimum atomic E-state index is -0.823. The lowest BCUT2D eigenvalue weighted by Crippen LogP contribution is -2.46. The Labute approximate surface area is 165 Å². The van der Waals surface area contributed by atoms with Crippen molar-refractivity contribution in [3.63, 3.8) is 0 Å². The van der Waals surface area contributed by atoms with Gasteiger partial charge in [-0.05, 0) is 46.7 Å². The number of nitrogens with zero attached hydrogens (tertiary/aromatic N) is 1. The lowest BCUT2D eigenvalue weighted by atomic mass is 10.1. The monoisotopic (exact) mass is 405 g/mol. The van der Waals surface area contributed by atoms with E-state index < -0.39 is 48.4 Å². The van der Waals surface area contributed by atoms with Gasteiger partial charge in [0.1, 0.15) is 12.2 Å². The summed E-state index contributed by atoms with van der Waals surface area (Å²) in [6.07, 6.45) is -2.07. The van der Waals surface area contributed by atoms with Crippen LogP contribution >= 0.6 is 11.8 Å². The first kappa shape index (κ1) is 22.4. The van der Waals surface area contributed by atoms with Crippen molar-refractivity contribution >= 4 is 23.7 Å². The van der Waals surface area contributed by atoms with Crippen LogP contribution < -0.4 is 0 Å². The summed E-state index contributed by atoms with van der Waals surface area (Å²) in [7, 11) is 4.06. The van der Waals surface area contributed by atoms with Crippen LogP contribution in [0.15, 0.2) is 0 Å². The molecule has 2 aliphatic heterocycles. The topological polar surface area (TPSA) is 83.5 Å². The zero-order valence-electron chi connectivity index (χ0n) is 16.9. The molecular formula is C18H31NO7S. The molecule has 0 amide bonds. The Morgan fingerprint density at radius 2 is 1.89 bits per heavy atom. The second-order valence-electron chi connectivity index (χ2n) is 7.52. The Bertz CT molecular complexity index is 528. The molecule has 0 radical (unpaired) electrons. The third kappa shape index (κ3) is 6.60. The van der Waals surface area contributed by atoms with E-state index in [2.05, 4.69) is 4.90 Å². The molecule has 156 valence electrons. The van der Waals surface area contributed by atoms with Crippen LogP contribution in [0.3, 0.4) is 0 Å². The predicted octanol–water partition coefficient (Wildman–Crippen LogP) is 1.41. The Morgan fingerprint density at radius 1 is 1.19 bits per heavy atom. The highest BCUT2D eigenvalue weighted by molar-refractivity contribution is 7.99. The molecule has 0 bridgehead atoms. The zero-order valence-corrected chi connectivity index (χ0v) is 17.7. The molecule has 0 aromatic carbocycles. The van der Waals surface area contributed by atoms with E-state index in [4.69, 9.17) is 23.7 Å². The number of fused-ring (bicyclic) bond motifs is 1. The highest BCUT2D eigenvalue weighted by Crippen LogP contribution is 2.40. The second kappa shape index (κ2) is 9.56. The first-order chi connectivity index (χ1) is 12.6. The molecule has 0 aromatic heterocycles. The van der Waals surface area contributed by atoms with Gasteiger partial charge >= 0.3 is 11.9 Å². The fraction of sp³-hybridized carbons (Fsp3) is 0.889. The zero-order chi connectivity index (χ0) is 20.2. The van der Waals surface area contributed by atoms with Crippen molar-refractivity contribution in [1.29, 1.82) is 0 Å². The molecule has 0 spiro atoms. The summed E-state index contributed by atoms with van der Waals surface area (Å²) in [4.78, 5) is 25.3. The molecule has 0 unspecified atom stereocenters. The maximum absolute atomic E-state index is 11.6. The third-order valence-corrected chi connectivity index (χ3v) is 5.33. The van der Waals surface area contributed by atoms with Crippen molar-refractivity contribution in [1.82, 2.24) is 4.90 Å². The fourth-order valence-electron chi connectivity index (χ4n) is 3.22. The molecule has 0 aliphatic carbocycles. The van der Waals surface area contributed by atoms with Crippen LogP contribution in [-0.4, -0.2) is 85.5 Å². The minimum Gasteiger partial charge on any atom is -0.459 e. The van der Waals surface area contributed by atoms with Gasteiger partial charge in [-0.15, -0.1) is 0 Å². The molecule has 27 heavy (non-hydrogen) atoms. The summed E-state index contributed by atoms with van der Waals surface area (Å²) in [5, 5.41) is 0. The summed E-state index contributed by atoms with van der Waals surface area (Å²) in [6, 6.07) is 0. The van der Waals surface area contributed by atoms with Gasteiger partial charge < -0.3 is 28.6 Å². The molecule has 2 rings (SSSR count). The summed E-state index contributed by atoms with van der Waals surface area (Å²) >= 11 is 1.67. The van der Waals surface area contributed by atoms with E-state index in [1.807, 2.05) is 14.1 Å². The summed E-state index contributed by atoms with van der Waals surface area (Å²) in [5.41, 5.74) is 0.